The van der Waals surface area contributed by atoms with Gasteiger partial charge in [-0.2, -0.15) is 18.6 Å². The van der Waals surface area contributed by atoms with E-state index in [1.807, 2.05) is 0 Å². The molecule has 0 aromatic rings. The average Bonchev–Trinajstić information content (AvgIpc) is 3.10. The van der Waals surface area contributed by atoms with Gasteiger partial charge < -0.3 is 40.3 Å². The van der Waals surface area contributed by atoms with Crippen LogP contribution in [0, 0.1) is 0 Å². The summed E-state index contributed by atoms with van der Waals surface area (Å²) in [6, 6.07) is -1.16. The van der Waals surface area contributed by atoms with Gasteiger partial charge >= 0.3 is 23.5 Å². The van der Waals surface area contributed by atoms with Gasteiger partial charge in [-0.1, -0.05) is 0 Å². The van der Waals surface area contributed by atoms with Crippen molar-refractivity contribution >= 4 is 47.5 Å². The lowest BCUT2D eigenvalue weighted by Crippen LogP contribution is -2.55. The molecule has 0 spiro atoms. The highest BCUT2D eigenvalue weighted by Gasteiger charge is 2.57. The minimum Gasteiger partial charge on any atom is -0.387 e. The minimum atomic E-state index is -5.75. The molecule has 3 heterocycles. The van der Waals surface area contributed by atoms with Gasteiger partial charge in [-0.15, -0.1) is 0 Å². The van der Waals surface area contributed by atoms with E-state index >= 15 is 0 Å². The molecule has 8 N–H and O–H groups in total. The van der Waals surface area contributed by atoms with E-state index in [2.05, 4.69) is 28.1 Å². The molecule has 1 amide bonds. The molecular formula is C11H18N5O14P3. The lowest BCUT2D eigenvalue weighted by molar-refractivity contribution is -0.118. The van der Waals surface area contributed by atoms with Crippen molar-refractivity contribution in [2.45, 2.75) is 37.0 Å². The SMILES string of the molecule is C[C@@]1(O)[C@H](O)[C@@H](COP(=O)(O)OP(=O)(O)OP(=O)(O)O)O[C@H]1N1C=NC2C(=O)N=C(N)N=C21. The minimum absolute atomic E-state index is 0.0708. The Morgan fingerprint density at radius 2 is 1.82 bits per heavy atom. The van der Waals surface area contributed by atoms with Crippen molar-refractivity contribution in [3.63, 3.8) is 0 Å². The Hall–Kier alpha value is -1.43. The fourth-order valence-electron chi connectivity index (χ4n) is 3.04. The van der Waals surface area contributed by atoms with Gasteiger partial charge in [-0.25, -0.2) is 13.7 Å². The molecule has 7 atom stereocenters. The van der Waals surface area contributed by atoms with Crippen LogP contribution in [-0.4, -0.2) is 95.4 Å². The smallest absolute Gasteiger partial charge is 0.387 e. The number of amides is 1. The number of ether oxygens (including phenoxy) is 1. The number of carbonyl (C=O) groups is 1. The molecule has 3 rings (SSSR count). The normalized spacial score (nSPS) is 35.6. The number of amidine groups is 1. The Kier molecular flexibility index (Phi) is 6.87. The zero-order chi connectivity index (χ0) is 25.0. The highest BCUT2D eigenvalue weighted by atomic mass is 31.3. The molecule has 3 aliphatic heterocycles. The number of guanidine groups is 1. The summed E-state index contributed by atoms with van der Waals surface area (Å²) in [5, 5.41) is 21.1. The molecule has 0 saturated carbocycles. The number of nitrogens with zero attached hydrogens (tertiary/aromatic N) is 4. The molecule has 19 nitrogen and oxygen atoms in total. The molecule has 3 unspecified atom stereocenters. The van der Waals surface area contributed by atoms with Crippen molar-refractivity contribution < 1.29 is 66.2 Å². The Balaban J connectivity index is 1.70. The molecule has 3 aliphatic rings. The van der Waals surface area contributed by atoms with E-state index < -0.39 is 66.1 Å². The maximum absolute atomic E-state index is 11.9. The predicted octanol–water partition coefficient (Wildman–Crippen LogP) is -2.87. The first-order valence-electron chi connectivity index (χ1n) is 8.54. The zero-order valence-electron chi connectivity index (χ0n) is 16.3. The molecule has 22 heteroatoms. The summed E-state index contributed by atoms with van der Waals surface area (Å²) < 4.78 is 50.9. The van der Waals surface area contributed by atoms with Crippen LogP contribution in [0.15, 0.2) is 15.0 Å². The number of hydrogen-bond donors (Lipinski definition) is 7. The lowest BCUT2D eigenvalue weighted by atomic mass is 9.96. The molecule has 0 aromatic heterocycles. The molecule has 33 heavy (non-hydrogen) atoms. The van der Waals surface area contributed by atoms with E-state index in [9.17, 15) is 33.6 Å². The molecule has 186 valence electrons. The molecule has 0 aliphatic carbocycles. The number of aliphatic hydroxyl groups excluding tert-OH is 1. The first-order chi connectivity index (χ1) is 14.9. The van der Waals surface area contributed by atoms with Crippen LogP contribution in [0.1, 0.15) is 6.92 Å². The number of aliphatic imine (C=N–C) groups is 3. The van der Waals surface area contributed by atoms with Crippen LogP contribution in [0.4, 0.5) is 0 Å². The Labute approximate surface area is 183 Å². The first-order valence-corrected chi connectivity index (χ1v) is 13.1. The van der Waals surface area contributed by atoms with Crippen molar-refractivity contribution in [2.75, 3.05) is 6.61 Å². The fourth-order valence-corrected chi connectivity index (χ4v) is 6.07. The maximum atomic E-state index is 11.9. The topological polar surface area (TPSA) is 293 Å². The zero-order valence-corrected chi connectivity index (χ0v) is 18.9. The molecule has 0 radical (unpaired) electrons. The Morgan fingerprint density at radius 3 is 2.42 bits per heavy atom. The molecule has 1 fully saturated rings. The van der Waals surface area contributed by atoms with Gasteiger partial charge in [-0.3, -0.25) is 19.2 Å². The lowest BCUT2D eigenvalue weighted by Gasteiger charge is -2.33. The third kappa shape index (κ3) is 5.80. The van der Waals surface area contributed by atoms with Crippen molar-refractivity contribution in [1.29, 1.82) is 0 Å². The van der Waals surface area contributed by atoms with Crippen LogP contribution in [0.3, 0.4) is 0 Å². The third-order valence-electron chi connectivity index (χ3n) is 4.36. The highest BCUT2D eigenvalue weighted by Crippen LogP contribution is 2.66. The van der Waals surface area contributed by atoms with Crippen molar-refractivity contribution in [1.82, 2.24) is 4.90 Å². The van der Waals surface area contributed by atoms with Crippen LogP contribution >= 0.6 is 23.5 Å². The van der Waals surface area contributed by atoms with E-state index in [0.29, 0.717) is 0 Å². The molecule has 1 saturated heterocycles. The van der Waals surface area contributed by atoms with Crippen LogP contribution in [0.25, 0.3) is 0 Å². The van der Waals surface area contributed by atoms with Gasteiger partial charge in [-0.05, 0) is 6.92 Å². The number of hydrogen-bond acceptors (Lipinski definition) is 14. The van der Waals surface area contributed by atoms with Gasteiger partial charge in [0.1, 0.15) is 17.8 Å². The number of phosphoric ester groups is 1. The van der Waals surface area contributed by atoms with Gasteiger partial charge in [0.15, 0.2) is 18.1 Å². The summed E-state index contributed by atoms with van der Waals surface area (Å²) >= 11 is 0. The van der Waals surface area contributed by atoms with Gasteiger partial charge in [0.2, 0.25) is 5.96 Å². The second-order valence-electron chi connectivity index (χ2n) is 6.94. The molecular weight excluding hydrogens is 519 g/mol. The van der Waals surface area contributed by atoms with Gasteiger partial charge in [0.25, 0.3) is 5.91 Å². The summed E-state index contributed by atoms with van der Waals surface area (Å²) in [6.45, 7) is 0.0951. The standard InChI is InChI=1S/C11H18N5O14P3/c1-11(19)6(17)4(2-27-32(23,24)30-33(25,26)29-31(20,21)22)28-9(11)16-3-13-5-7(16)14-10(12)15-8(5)18/h3-6,9,17,19H,2H2,1H3,(H,23,24)(H,25,26)(H2,12,15,18)(H2,20,21,22)/t4-,5?,6-,9-,11-/m1/s1. The van der Waals surface area contributed by atoms with Crippen molar-refractivity contribution in [2.24, 2.45) is 20.7 Å². The number of phosphoric acid groups is 3. The monoisotopic (exact) mass is 537 g/mol. The van der Waals surface area contributed by atoms with Crippen LogP contribution in [0.5, 0.6) is 0 Å². The number of fused-ring (bicyclic) bond motifs is 1. The van der Waals surface area contributed by atoms with E-state index in [4.69, 9.17) is 25.2 Å². The van der Waals surface area contributed by atoms with Crippen LogP contribution in [0.2, 0.25) is 0 Å². The Bertz CT molecular complexity index is 1070. The number of nitrogens with two attached hydrogens (primary N) is 1. The number of rotatable bonds is 8. The van der Waals surface area contributed by atoms with E-state index in [1.165, 1.54) is 0 Å². The summed E-state index contributed by atoms with van der Waals surface area (Å²) in [4.78, 5) is 59.9. The van der Waals surface area contributed by atoms with E-state index in [0.717, 1.165) is 18.2 Å². The summed E-state index contributed by atoms with van der Waals surface area (Å²) in [5.74, 6) is -1.19. The Morgan fingerprint density at radius 1 is 1.18 bits per heavy atom. The summed E-state index contributed by atoms with van der Waals surface area (Å²) in [7, 11) is -16.8. The maximum Gasteiger partial charge on any atom is 0.490 e. The summed E-state index contributed by atoms with van der Waals surface area (Å²) in [6.07, 6.45) is -3.75. The average molecular weight is 537 g/mol. The van der Waals surface area contributed by atoms with Crippen LogP contribution in [-0.2, 0) is 36.4 Å². The fraction of sp³-hybridized carbons (Fsp3) is 0.636. The van der Waals surface area contributed by atoms with Gasteiger partial charge in [0.05, 0.1) is 12.9 Å². The van der Waals surface area contributed by atoms with E-state index in [-0.39, 0.29) is 11.8 Å². The molecule has 0 bridgehead atoms. The quantitative estimate of drug-likeness (QED) is 0.153. The first kappa shape index (κ1) is 26.2. The number of aliphatic hydroxyl groups is 2. The highest BCUT2D eigenvalue weighted by molar-refractivity contribution is 7.66. The largest absolute Gasteiger partial charge is 0.490 e. The second kappa shape index (κ2) is 8.66. The van der Waals surface area contributed by atoms with Gasteiger partial charge in [0, 0.05) is 0 Å². The third-order valence-corrected chi connectivity index (χ3v) is 8.16. The van der Waals surface area contributed by atoms with E-state index in [1.54, 1.807) is 0 Å². The van der Waals surface area contributed by atoms with Crippen LogP contribution < -0.4 is 5.73 Å². The summed E-state index contributed by atoms with van der Waals surface area (Å²) in [5.41, 5.74) is 3.35. The van der Waals surface area contributed by atoms with Crippen molar-refractivity contribution in [3.8, 4) is 0 Å². The van der Waals surface area contributed by atoms with Crippen molar-refractivity contribution in [3.05, 3.63) is 0 Å². The predicted molar refractivity (Wildman–Crippen MR) is 103 cm³/mol. The number of carbonyl (C=O) groups excluding carboxylic acids is 1. The second-order valence-corrected chi connectivity index (χ2v) is 11.4. The molecule has 0 aromatic carbocycles.